The minimum absolute atomic E-state index is 0.0910. The molecule has 2 aromatic carbocycles. The topological polar surface area (TPSA) is 132 Å². The Balaban J connectivity index is 1.26. The molecular weight excluding hydrogens is 504 g/mol. The van der Waals surface area contributed by atoms with Gasteiger partial charge < -0.3 is 24.6 Å². The molecule has 1 unspecified atom stereocenters. The highest BCUT2D eigenvalue weighted by Crippen LogP contribution is 2.31. The zero-order valence-corrected chi connectivity index (χ0v) is 22.1. The van der Waals surface area contributed by atoms with Crippen LogP contribution < -0.4 is 24.6 Å². The number of unbranched alkanes of at least 4 members (excludes halogenated alkanes) is 1. The van der Waals surface area contributed by atoms with Gasteiger partial charge in [0.2, 0.25) is 5.91 Å². The number of anilines is 2. The third kappa shape index (κ3) is 7.18. The van der Waals surface area contributed by atoms with Gasteiger partial charge in [-0.1, -0.05) is 30.7 Å². The second-order valence-electron chi connectivity index (χ2n) is 9.70. The number of nitrogens with zero attached hydrogens (tertiary/aromatic N) is 3. The number of hydrogen-bond acceptors (Lipinski definition) is 8. The number of aliphatic carboxylic acids is 2. The molecule has 1 fully saturated rings. The van der Waals surface area contributed by atoms with E-state index in [-0.39, 0.29) is 6.61 Å². The minimum atomic E-state index is -1.17. The SMILES string of the molecule is COc1ccccc1N1CCN(CCCC[C@H](NC2COc3ccccc3N(CC(=O)O)C2=O)C(=O)O)CC1. The van der Waals surface area contributed by atoms with Gasteiger partial charge in [-0.15, -0.1) is 0 Å². The number of amides is 1. The highest BCUT2D eigenvalue weighted by Gasteiger charge is 2.35. The molecule has 2 atom stereocenters. The van der Waals surface area contributed by atoms with Crippen molar-refractivity contribution >= 4 is 29.2 Å². The summed E-state index contributed by atoms with van der Waals surface area (Å²) in [6.45, 7) is 3.82. The zero-order valence-electron chi connectivity index (χ0n) is 22.1. The van der Waals surface area contributed by atoms with Crippen LogP contribution in [0.1, 0.15) is 19.3 Å². The molecule has 0 aromatic heterocycles. The lowest BCUT2D eigenvalue weighted by molar-refractivity contribution is -0.141. The summed E-state index contributed by atoms with van der Waals surface area (Å²) in [5, 5.41) is 22.1. The average molecular weight is 541 g/mol. The van der Waals surface area contributed by atoms with Crippen molar-refractivity contribution in [1.82, 2.24) is 10.2 Å². The monoisotopic (exact) mass is 540 g/mol. The van der Waals surface area contributed by atoms with Crippen LogP contribution in [0.4, 0.5) is 11.4 Å². The molecule has 0 bridgehead atoms. The van der Waals surface area contributed by atoms with Crippen LogP contribution in [0.2, 0.25) is 0 Å². The standard InChI is InChI=1S/C28H36N4O7/c1-38-24-11-4-2-9-22(24)31-16-14-30(15-17-31)13-7-6-8-20(28(36)37)29-21-19-39-25-12-5-3-10-23(25)32(27(21)35)18-26(33)34/h2-5,9-12,20-21,29H,6-8,13-19H2,1H3,(H,33,34)(H,36,37)/t20-,21?/m0/s1. The molecular formula is C28H36N4O7. The molecule has 3 N–H and O–H groups in total. The number of benzene rings is 2. The first-order valence-electron chi connectivity index (χ1n) is 13.2. The van der Waals surface area contributed by atoms with Gasteiger partial charge in [-0.05, 0) is 43.7 Å². The largest absolute Gasteiger partial charge is 0.495 e. The predicted octanol–water partition coefficient (Wildman–Crippen LogP) is 1.91. The second-order valence-corrected chi connectivity index (χ2v) is 9.70. The number of ether oxygens (including phenoxy) is 2. The Labute approximate surface area is 227 Å². The predicted molar refractivity (Wildman–Crippen MR) is 146 cm³/mol. The average Bonchev–Trinajstić information content (AvgIpc) is 3.07. The second kappa shape index (κ2) is 13.3. The van der Waals surface area contributed by atoms with Gasteiger partial charge >= 0.3 is 11.9 Å². The van der Waals surface area contributed by atoms with Crippen LogP contribution in [0.5, 0.6) is 11.5 Å². The number of piperazine rings is 1. The fourth-order valence-corrected chi connectivity index (χ4v) is 5.08. The van der Waals surface area contributed by atoms with Gasteiger partial charge in [0.05, 0.1) is 18.5 Å². The van der Waals surface area contributed by atoms with Crippen LogP contribution in [0, 0.1) is 0 Å². The van der Waals surface area contributed by atoms with Crippen LogP contribution in [0.25, 0.3) is 0 Å². The van der Waals surface area contributed by atoms with E-state index in [2.05, 4.69) is 21.2 Å². The Bertz CT molecular complexity index is 1150. The molecule has 0 radical (unpaired) electrons. The van der Waals surface area contributed by atoms with Crippen molar-refractivity contribution in [2.24, 2.45) is 0 Å². The molecule has 11 nitrogen and oxygen atoms in total. The summed E-state index contributed by atoms with van der Waals surface area (Å²) in [6, 6.07) is 12.7. The van der Waals surface area contributed by atoms with E-state index in [1.54, 1.807) is 31.4 Å². The Hall–Kier alpha value is -3.83. The highest BCUT2D eigenvalue weighted by atomic mass is 16.5. The third-order valence-corrected chi connectivity index (χ3v) is 7.13. The minimum Gasteiger partial charge on any atom is -0.495 e. The smallest absolute Gasteiger partial charge is 0.323 e. The van der Waals surface area contributed by atoms with Crippen LogP contribution in [-0.4, -0.2) is 98.0 Å². The lowest BCUT2D eigenvalue weighted by Gasteiger charge is -2.36. The molecule has 210 valence electrons. The van der Waals surface area contributed by atoms with Crippen molar-refractivity contribution in [2.75, 3.05) is 62.8 Å². The fourth-order valence-electron chi connectivity index (χ4n) is 5.08. The summed E-state index contributed by atoms with van der Waals surface area (Å²) in [4.78, 5) is 42.5. The summed E-state index contributed by atoms with van der Waals surface area (Å²) in [6.07, 6.45) is 1.83. The van der Waals surface area contributed by atoms with E-state index in [1.807, 2.05) is 18.2 Å². The van der Waals surface area contributed by atoms with Crippen molar-refractivity contribution in [1.29, 1.82) is 0 Å². The number of nitrogens with one attached hydrogen (secondary N) is 1. The summed E-state index contributed by atoms with van der Waals surface area (Å²) < 4.78 is 11.2. The van der Waals surface area contributed by atoms with Crippen molar-refractivity contribution in [3.8, 4) is 11.5 Å². The maximum Gasteiger partial charge on any atom is 0.323 e. The molecule has 11 heteroatoms. The van der Waals surface area contributed by atoms with Gasteiger partial charge in [0.15, 0.2) is 0 Å². The van der Waals surface area contributed by atoms with Gasteiger partial charge in [-0.3, -0.25) is 29.5 Å². The van der Waals surface area contributed by atoms with Gasteiger partial charge in [0.25, 0.3) is 0 Å². The lowest BCUT2D eigenvalue weighted by Crippen LogP contribution is -2.54. The number of carboxylic acid groups (broad SMARTS) is 2. The first-order chi connectivity index (χ1) is 18.9. The van der Waals surface area contributed by atoms with Crippen LogP contribution >= 0.6 is 0 Å². The Kier molecular flexibility index (Phi) is 9.61. The number of carbonyl (C=O) groups is 3. The number of para-hydroxylation sites is 4. The van der Waals surface area contributed by atoms with Gasteiger partial charge in [0, 0.05) is 26.2 Å². The molecule has 0 spiro atoms. The van der Waals surface area contributed by atoms with Crippen molar-refractivity contribution < 1.29 is 34.1 Å². The summed E-state index contributed by atoms with van der Waals surface area (Å²) in [7, 11) is 1.68. The van der Waals surface area contributed by atoms with Gasteiger partial charge in [-0.25, -0.2) is 0 Å². The first-order valence-corrected chi connectivity index (χ1v) is 13.2. The van der Waals surface area contributed by atoms with Crippen LogP contribution in [0.3, 0.4) is 0 Å². The van der Waals surface area contributed by atoms with E-state index in [0.717, 1.165) is 55.5 Å². The van der Waals surface area contributed by atoms with Crippen molar-refractivity contribution in [2.45, 2.75) is 31.3 Å². The van der Waals surface area contributed by atoms with Crippen LogP contribution in [0.15, 0.2) is 48.5 Å². The molecule has 4 rings (SSSR count). The zero-order chi connectivity index (χ0) is 27.8. The summed E-state index contributed by atoms with van der Waals surface area (Å²) in [5.74, 6) is -1.50. The number of methoxy groups -OCH3 is 1. The quantitative estimate of drug-likeness (QED) is 0.343. The Morgan fingerprint density at radius 3 is 2.41 bits per heavy atom. The first kappa shape index (κ1) is 28.2. The van der Waals surface area contributed by atoms with Crippen LogP contribution in [-0.2, 0) is 14.4 Å². The molecule has 39 heavy (non-hydrogen) atoms. The number of carbonyl (C=O) groups excluding carboxylic acids is 1. The number of rotatable bonds is 12. The molecule has 0 aliphatic carbocycles. The molecule has 2 aliphatic rings. The molecule has 1 saturated heterocycles. The summed E-state index contributed by atoms with van der Waals surface area (Å²) in [5.41, 5.74) is 1.45. The highest BCUT2D eigenvalue weighted by molar-refractivity contribution is 6.02. The Morgan fingerprint density at radius 1 is 1.03 bits per heavy atom. The van der Waals surface area contributed by atoms with E-state index in [9.17, 15) is 24.6 Å². The van der Waals surface area contributed by atoms with Gasteiger partial charge in [0.1, 0.15) is 36.7 Å². The molecule has 2 aromatic rings. The van der Waals surface area contributed by atoms with Crippen molar-refractivity contribution in [3.63, 3.8) is 0 Å². The molecule has 2 aliphatic heterocycles. The van der Waals surface area contributed by atoms with Crippen molar-refractivity contribution in [3.05, 3.63) is 48.5 Å². The third-order valence-electron chi connectivity index (χ3n) is 7.13. The summed E-state index contributed by atoms with van der Waals surface area (Å²) >= 11 is 0. The van der Waals surface area contributed by atoms with E-state index >= 15 is 0 Å². The maximum absolute atomic E-state index is 13.2. The lowest BCUT2D eigenvalue weighted by atomic mass is 10.1. The van der Waals surface area contributed by atoms with E-state index < -0.39 is 36.5 Å². The fraction of sp³-hybridized carbons (Fsp3) is 0.464. The molecule has 2 heterocycles. The van der Waals surface area contributed by atoms with E-state index in [4.69, 9.17) is 9.47 Å². The van der Waals surface area contributed by atoms with E-state index in [0.29, 0.717) is 24.3 Å². The van der Waals surface area contributed by atoms with E-state index in [1.165, 1.54) is 0 Å². The number of fused-ring (bicyclic) bond motifs is 1. The normalized spacial score (nSPS) is 18.6. The van der Waals surface area contributed by atoms with Gasteiger partial charge in [-0.2, -0.15) is 0 Å². The maximum atomic E-state index is 13.2. The molecule has 1 amide bonds. The molecule has 0 saturated carbocycles. The Morgan fingerprint density at radius 2 is 1.72 bits per heavy atom. The number of hydrogen-bond donors (Lipinski definition) is 3. The number of carboxylic acids is 2.